The first-order chi connectivity index (χ1) is 7.24. The van der Waals surface area contributed by atoms with Gasteiger partial charge < -0.3 is 5.32 Å². The lowest BCUT2D eigenvalue weighted by Crippen LogP contribution is -2.17. The van der Waals surface area contributed by atoms with Crippen molar-refractivity contribution in [1.82, 2.24) is 10.3 Å². The van der Waals surface area contributed by atoms with Crippen LogP contribution in [0.4, 0.5) is 0 Å². The SMILES string of the molecule is CNC(c1ccsc1C)c1scnc1C. The summed E-state index contributed by atoms with van der Waals surface area (Å²) in [6.07, 6.45) is 0. The molecule has 0 aliphatic heterocycles. The van der Waals surface area contributed by atoms with Crippen LogP contribution in [0.25, 0.3) is 0 Å². The minimum Gasteiger partial charge on any atom is -0.309 e. The van der Waals surface area contributed by atoms with Crippen molar-refractivity contribution in [3.63, 3.8) is 0 Å². The molecule has 2 rings (SSSR count). The van der Waals surface area contributed by atoms with E-state index in [0.29, 0.717) is 6.04 Å². The lowest BCUT2D eigenvalue weighted by Gasteiger charge is -2.15. The van der Waals surface area contributed by atoms with Crippen molar-refractivity contribution in [3.8, 4) is 0 Å². The number of aryl methyl sites for hydroxylation is 2. The number of aromatic nitrogens is 1. The molecule has 0 aliphatic rings. The third kappa shape index (κ3) is 1.97. The number of rotatable bonds is 3. The molecule has 0 saturated carbocycles. The van der Waals surface area contributed by atoms with E-state index < -0.39 is 0 Å². The molecule has 2 heterocycles. The van der Waals surface area contributed by atoms with Crippen LogP contribution in [0.1, 0.15) is 27.1 Å². The Morgan fingerprint density at radius 3 is 2.60 bits per heavy atom. The van der Waals surface area contributed by atoms with Crippen LogP contribution in [0.2, 0.25) is 0 Å². The molecule has 2 nitrogen and oxygen atoms in total. The summed E-state index contributed by atoms with van der Waals surface area (Å²) in [5, 5.41) is 5.51. The topological polar surface area (TPSA) is 24.9 Å². The van der Waals surface area contributed by atoms with Gasteiger partial charge in [-0.3, -0.25) is 0 Å². The van der Waals surface area contributed by atoms with E-state index in [1.165, 1.54) is 15.3 Å². The van der Waals surface area contributed by atoms with E-state index in [0.717, 1.165) is 5.69 Å². The number of nitrogens with one attached hydrogen (secondary N) is 1. The predicted octanol–water partition coefficient (Wildman–Crippen LogP) is 3.13. The van der Waals surface area contributed by atoms with Gasteiger partial charge in [-0.2, -0.15) is 0 Å². The highest BCUT2D eigenvalue weighted by molar-refractivity contribution is 7.10. The maximum absolute atomic E-state index is 4.31. The van der Waals surface area contributed by atoms with Crippen molar-refractivity contribution in [2.24, 2.45) is 0 Å². The van der Waals surface area contributed by atoms with Crippen molar-refractivity contribution in [2.75, 3.05) is 7.05 Å². The van der Waals surface area contributed by atoms with Gasteiger partial charge in [0.15, 0.2) is 0 Å². The molecule has 0 bridgehead atoms. The molecular formula is C11H14N2S2. The van der Waals surface area contributed by atoms with Gasteiger partial charge in [0.05, 0.1) is 17.2 Å². The lowest BCUT2D eigenvalue weighted by atomic mass is 10.1. The summed E-state index contributed by atoms with van der Waals surface area (Å²) in [6.45, 7) is 4.23. The van der Waals surface area contributed by atoms with Crippen molar-refractivity contribution in [1.29, 1.82) is 0 Å². The smallest absolute Gasteiger partial charge is 0.0798 e. The standard InChI is InChI=1S/C11H14N2S2/c1-7-11(15-6-13-7)10(12-3)9-4-5-14-8(9)2/h4-6,10,12H,1-3H3. The van der Waals surface area contributed by atoms with Gasteiger partial charge in [-0.05, 0) is 37.9 Å². The average molecular weight is 238 g/mol. The molecule has 0 aromatic carbocycles. The first kappa shape index (κ1) is 10.8. The van der Waals surface area contributed by atoms with E-state index >= 15 is 0 Å². The summed E-state index contributed by atoms with van der Waals surface area (Å²) in [7, 11) is 2.00. The van der Waals surface area contributed by atoms with Gasteiger partial charge in [0.25, 0.3) is 0 Å². The molecule has 0 fully saturated rings. The molecule has 1 unspecified atom stereocenters. The molecule has 2 aromatic rings. The number of hydrogen-bond donors (Lipinski definition) is 1. The largest absolute Gasteiger partial charge is 0.309 e. The molecule has 80 valence electrons. The van der Waals surface area contributed by atoms with E-state index in [1.54, 1.807) is 22.7 Å². The Hall–Kier alpha value is -0.710. The van der Waals surface area contributed by atoms with Gasteiger partial charge in [-0.15, -0.1) is 22.7 Å². The Balaban J connectivity index is 2.41. The van der Waals surface area contributed by atoms with Gasteiger partial charge in [-0.1, -0.05) is 0 Å². The van der Waals surface area contributed by atoms with Crippen molar-refractivity contribution >= 4 is 22.7 Å². The molecule has 0 saturated heterocycles. The van der Waals surface area contributed by atoms with Crippen LogP contribution in [0.5, 0.6) is 0 Å². The fourth-order valence-corrected chi connectivity index (χ4v) is 3.38. The van der Waals surface area contributed by atoms with Gasteiger partial charge in [0.1, 0.15) is 0 Å². The third-order valence-electron chi connectivity index (χ3n) is 2.54. The first-order valence-corrected chi connectivity index (χ1v) is 6.61. The van der Waals surface area contributed by atoms with Crippen LogP contribution >= 0.6 is 22.7 Å². The average Bonchev–Trinajstić information content (AvgIpc) is 2.80. The molecule has 0 aliphatic carbocycles. The summed E-state index contributed by atoms with van der Waals surface area (Å²) in [5.41, 5.74) is 4.41. The molecule has 4 heteroatoms. The molecule has 2 aromatic heterocycles. The molecule has 1 atom stereocenters. The Morgan fingerprint density at radius 1 is 1.33 bits per heavy atom. The second kappa shape index (κ2) is 4.43. The lowest BCUT2D eigenvalue weighted by molar-refractivity contribution is 0.697. The van der Waals surface area contributed by atoms with Crippen molar-refractivity contribution < 1.29 is 0 Å². The second-order valence-corrected chi connectivity index (χ2v) is 5.46. The van der Waals surface area contributed by atoms with Crippen molar-refractivity contribution in [3.05, 3.63) is 38.0 Å². The van der Waals surface area contributed by atoms with E-state index in [2.05, 4.69) is 35.6 Å². The zero-order valence-electron chi connectivity index (χ0n) is 9.07. The Morgan fingerprint density at radius 2 is 2.13 bits per heavy atom. The molecule has 1 N–H and O–H groups in total. The van der Waals surface area contributed by atoms with E-state index in [-0.39, 0.29) is 0 Å². The van der Waals surface area contributed by atoms with Crippen LogP contribution in [-0.4, -0.2) is 12.0 Å². The minimum absolute atomic E-state index is 0.295. The highest BCUT2D eigenvalue weighted by Crippen LogP contribution is 2.31. The normalized spacial score (nSPS) is 13.0. The maximum Gasteiger partial charge on any atom is 0.0798 e. The molecule has 0 amide bonds. The number of nitrogens with zero attached hydrogens (tertiary/aromatic N) is 1. The van der Waals surface area contributed by atoms with Crippen molar-refractivity contribution in [2.45, 2.75) is 19.9 Å². The summed E-state index contributed by atoms with van der Waals surface area (Å²) in [4.78, 5) is 7.00. The van der Waals surface area contributed by atoms with Gasteiger partial charge >= 0.3 is 0 Å². The Kier molecular flexibility index (Phi) is 3.19. The predicted molar refractivity (Wildman–Crippen MR) is 66.8 cm³/mol. The van der Waals surface area contributed by atoms with Crippen LogP contribution in [0, 0.1) is 13.8 Å². The van der Waals surface area contributed by atoms with Crippen LogP contribution in [0.3, 0.4) is 0 Å². The van der Waals surface area contributed by atoms with E-state index in [1.807, 2.05) is 12.6 Å². The number of thiophene rings is 1. The van der Waals surface area contributed by atoms with Gasteiger partial charge in [0.2, 0.25) is 0 Å². The highest BCUT2D eigenvalue weighted by atomic mass is 32.1. The van der Waals surface area contributed by atoms with E-state index in [9.17, 15) is 0 Å². The van der Waals surface area contributed by atoms with Crippen LogP contribution in [0.15, 0.2) is 17.0 Å². The van der Waals surface area contributed by atoms with Crippen LogP contribution in [-0.2, 0) is 0 Å². The molecule has 0 radical (unpaired) electrons. The minimum atomic E-state index is 0.295. The summed E-state index contributed by atoms with van der Waals surface area (Å²) >= 11 is 3.52. The highest BCUT2D eigenvalue weighted by Gasteiger charge is 2.18. The fraction of sp³-hybridized carbons (Fsp3) is 0.364. The second-order valence-electron chi connectivity index (χ2n) is 3.46. The first-order valence-electron chi connectivity index (χ1n) is 4.85. The van der Waals surface area contributed by atoms with Gasteiger partial charge in [0, 0.05) is 9.75 Å². The van der Waals surface area contributed by atoms with E-state index in [4.69, 9.17) is 0 Å². The fourth-order valence-electron chi connectivity index (χ4n) is 1.71. The number of thiazole rings is 1. The molecule has 15 heavy (non-hydrogen) atoms. The monoisotopic (exact) mass is 238 g/mol. The Labute approximate surface area is 98.0 Å². The zero-order chi connectivity index (χ0) is 10.8. The Bertz CT molecular complexity index is 405. The zero-order valence-corrected chi connectivity index (χ0v) is 10.7. The summed E-state index contributed by atoms with van der Waals surface area (Å²) in [5.74, 6) is 0. The molecule has 0 spiro atoms. The summed E-state index contributed by atoms with van der Waals surface area (Å²) in [6, 6.07) is 2.49. The van der Waals surface area contributed by atoms with Crippen LogP contribution < -0.4 is 5.32 Å². The summed E-state index contributed by atoms with van der Waals surface area (Å²) < 4.78 is 0. The van der Waals surface area contributed by atoms with Gasteiger partial charge in [-0.25, -0.2) is 4.98 Å². The quantitative estimate of drug-likeness (QED) is 0.888. The third-order valence-corrected chi connectivity index (χ3v) is 4.40. The number of hydrogen-bond acceptors (Lipinski definition) is 4. The maximum atomic E-state index is 4.31. The molecular weight excluding hydrogens is 224 g/mol.